The molecule has 2 heterocycles. The Labute approximate surface area is 124 Å². The number of anilines is 2. The molecule has 2 rings (SSSR count). The van der Waals surface area contributed by atoms with Crippen LogP contribution in [0.25, 0.3) is 0 Å². The highest BCUT2D eigenvalue weighted by Gasteiger charge is 2.18. The Morgan fingerprint density at radius 1 is 1.30 bits per heavy atom. The molecular weight excluding hydrogens is 270 g/mol. The fraction of sp³-hybridized carbons (Fsp3) is 0.500. The maximum Gasteiger partial charge on any atom is 0.137 e. The van der Waals surface area contributed by atoms with E-state index in [2.05, 4.69) is 51.3 Å². The van der Waals surface area contributed by atoms with Crippen molar-refractivity contribution in [1.82, 2.24) is 15.0 Å². The quantitative estimate of drug-likeness (QED) is 0.886. The van der Waals surface area contributed by atoms with Crippen LogP contribution in [0.2, 0.25) is 0 Å². The SMILES string of the molecule is CCNc1ncnc(N(C)Cc2cscn2)c1C(C)C. The molecule has 20 heavy (non-hydrogen) atoms. The minimum Gasteiger partial charge on any atom is -0.370 e. The van der Waals surface area contributed by atoms with E-state index in [-0.39, 0.29) is 0 Å². The molecule has 0 fully saturated rings. The summed E-state index contributed by atoms with van der Waals surface area (Å²) < 4.78 is 0. The van der Waals surface area contributed by atoms with Gasteiger partial charge in [0.25, 0.3) is 0 Å². The summed E-state index contributed by atoms with van der Waals surface area (Å²) in [6, 6.07) is 0. The summed E-state index contributed by atoms with van der Waals surface area (Å²) in [6.07, 6.45) is 1.62. The van der Waals surface area contributed by atoms with Crippen LogP contribution in [0.5, 0.6) is 0 Å². The summed E-state index contributed by atoms with van der Waals surface area (Å²) in [7, 11) is 2.04. The molecule has 0 saturated heterocycles. The maximum absolute atomic E-state index is 4.47. The lowest BCUT2D eigenvalue weighted by atomic mass is 10.0. The van der Waals surface area contributed by atoms with Gasteiger partial charge in [-0.2, -0.15) is 0 Å². The van der Waals surface area contributed by atoms with E-state index >= 15 is 0 Å². The van der Waals surface area contributed by atoms with Crippen molar-refractivity contribution in [2.24, 2.45) is 0 Å². The van der Waals surface area contributed by atoms with Gasteiger partial charge in [-0.3, -0.25) is 0 Å². The number of hydrogen-bond acceptors (Lipinski definition) is 6. The van der Waals surface area contributed by atoms with Crippen molar-refractivity contribution in [1.29, 1.82) is 0 Å². The Balaban J connectivity index is 2.32. The second-order valence-electron chi connectivity index (χ2n) is 4.98. The minimum atomic E-state index is 0.359. The molecule has 0 unspecified atom stereocenters. The van der Waals surface area contributed by atoms with Crippen LogP contribution in [0.15, 0.2) is 17.2 Å². The third-order valence-corrected chi connectivity index (χ3v) is 3.66. The molecule has 2 aromatic rings. The molecule has 0 radical (unpaired) electrons. The molecule has 0 aliphatic rings. The smallest absolute Gasteiger partial charge is 0.137 e. The number of nitrogens with one attached hydrogen (secondary N) is 1. The summed E-state index contributed by atoms with van der Waals surface area (Å²) in [4.78, 5) is 15.3. The Bertz CT molecular complexity index is 539. The molecule has 0 aromatic carbocycles. The molecule has 0 saturated carbocycles. The van der Waals surface area contributed by atoms with E-state index < -0.39 is 0 Å². The molecule has 108 valence electrons. The number of aromatic nitrogens is 3. The number of hydrogen-bond donors (Lipinski definition) is 1. The molecular formula is C14H21N5S. The second-order valence-corrected chi connectivity index (χ2v) is 5.70. The van der Waals surface area contributed by atoms with Gasteiger partial charge in [0.15, 0.2) is 0 Å². The molecule has 2 aromatic heterocycles. The van der Waals surface area contributed by atoms with Gasteiger partial charge in [0.05, 0.1) is 17.7 Å². The molecule has 0 aliphatic heterocycles. The Morgan fingerprint density at radius 3 is 2.70 bits per heavy atom. The van der Waals surface area contributed by atoms with Gasteiger partial charge in [0.2, 0.25) is 0 Å². The van der Waals surface area contributed by atoms with Crippen molar-refractivity contribution in [2.45, 2.75) is 33.2 Å². The lowest BCUT2D eigenvalue weighted by Gasteiger charge is -2.23. The maximum atomic E-state index is 4.47. The minimum absolute atomic E-state index is 0.359. The monoisotopic (exact) mass is 291 g/mol. The lowest BCUT2D eigenvalue weighted by molar-refractivity contribution is 0.802. The van der Waals surface area contributed by atoms with Crippen LogP contribution in [0.1, 0.15) is 37.9 Å². The van der Waals surface area contributed by atoms with Gasteiger partial charge in [0, 0.05) is 24.5 Å². The van der Waals surface area contributed by atoms with Gasteiger partial charge < -0.3 is 10.2 Å². The van der Waals surface area contributed by atoms with Crippen molar-refractivity contribution >= 4 is 23.0 Å². The standard InChI is InChI=1S/C14H21N5S/c1-5-15-13-12(10(2)3)14(17-8-16-13)19(4)6-11-7-20-9-18-11/h7-10H,5-6H2,1-4H3,(H,15,16,17). The van der Waals surface area contributed by atoms with Crippen molar-refractivity contribution in [3.8, 4) is 0 Å². The van der Waals surface area contributed by atoms with Gasteiger partial charge >= 0.3 is 0 Å². The topological polar surface area (TPSA) is 53.9 Å². The summed E-state index contributed by atoms with van der Waals surface area (Å²) in [5, 5.41) is 5.39. The zero-order valence-electron chi connectivity index (χ0n) is 12.4. The lowest BCUT2D eigenvalue weighted by Crippen LogP contribution is -2.21. The van der Waals surface area contributed by atoms with Crippen molar-refractivity contribution in [3.05, 3.63) is 28.5 Å². The first-order valence-electron chi connectivity index (χ1n) is 6.80. The second kappa shape index (κ2) is 6.65. The van der Waals surface area contributed by atoms with Gasteiger partial charge in [-0.1, -0.05) is 13.8 Å². The van der Waals surface area contributed by atoms with E-state index in [1.165, 1.54) is 0 Å². The first-order chi connectivity index (χ1) is 9.63. The average Bonchev–Trinajstić information content (AvgIpc) is 2.91. The normalized spacial score (nSPS) is 10.8. The predicted octanol–water partition coefficient (Wildman–Crippen LogP) is 3.12. The largest absolute Gasteiger partial charge is 0.370 e. The van der Waals surface area contributed by atoms with Crippen LogP contribution >= 0.6 is 11.3 Å². The summed E-state index contributed by atoms with van der Waals surface area (Å²) >= 11 is 1.62. The van der Waals surface area contributed by atoms with Crippen LogP contribution in [0, 0.1) is 0 Å². The summed E-state index contributed by atoms with van der Waals surface area (Å²) in [6.45, 7) is 8.02. The first-order valence-corrected chi connectivity index (χ1v) is 7.74. The van der Waals surface area contributed by atoms with E-state index in [9.17, 15) is 0 Å². The van der Waals surface area contributed by atoms with Gasteiger partial charge in [-0.15, -0.1) is 11.3 Å². The van der Waals surface area contributed by atoms with Crippen LogP contribution in [-0.2, 0) is 6.54 Å². The molecule has 0 aliphatic carbocycles. The number of rotatable bonds is 6. The Kier molecular flexibility index (Phi) is 4.89. The fourth-order valence-corrected chi connectivity index (χ4v) is 2.71. The first kappa shape index (κ1) is 14.7. The predicted molar refractivity (Wildman–Crippen MR) is 84.5 cm³/mol. The molecule has 0 atom stereocenters. The van der Waals surface area contributed by atoms with Gasteiger partial charge in [-0.25, -0.2) is 15.0 Å². The molecule has 0 spiro atoms. The average molecular weight is 291 g/mol. The van der Waals surface area contributed by atoms with Gasteiger partial charge in [0.1, 0.15) is 18.0 Å². The Morgan fingerprint density at radius 2 is 2.10 bits per heavy atom. The highest BCUT2D eigenvalue weighted by atomic mass is 32.1. The van der Waals surface area contributed by atoms with Crippen LogP contribution in [0.4, 0.5) is 11.6 Å². The highest BCUT2D eigenvalue weighted by Crippen LogP contribution is 2.30. The summed E-state index contributed by atoms with van der Waals surface area (Å²) in [5.74, 6) is 2.26. The molecule has 0 amide bonds. The van der Waals surface area contributed by atoms with E-state index in [0.717, 1.165) is 36.0 Å². The number of thiazole rings is 1. The molecule has 0 bridgehead atoms. The van der Waals surface area contributed by atoms with Crippen molar-refractivity contribution in [3.63, 3.8) is 0 Å². The zero-order chi connectivity index (χ0) is 14.5. The third-order valence-electron chi connectivity index (χ3n) is 3.03. The van der Waals surface area contributed by atoms with Crippen LogP contribution in [0.3, 0.4) is 0 Å². The van der Waals surface area contributed by atoms with E-state index in [0.29, 0.717) is 5.92 Å². The number of nitrogens with zero attached hydrogens (tertiary/aromatic N) is 4. The highest BCUT2D eigenvalue weighted by molar-refractivity contribution is 7.07. The van der Waals surface area contributed by atoms with E-state index in [1.54, 1.807) is 17.7 Å². The third kappa shape index (κ3) is 3.25. The molecule has 1 N–H and O–H groups in total. The van der Waals surface area contributed by atoms with Gasteiger partial charge in [-0.05, 0) is 12.8 Å². The van der Waals surface area contributed by atoms with Crippen molar-refractivity contribution in [2.75, 3.05) is 23.8 Å². The zero-order valence-corrected chi connectivity index (χ0v) is 13.2. The molecule has 6 heteroatoms. The van der Waals surface area contributed by atoms with E-state index in [1.807, 2.05) is 12.6 Å². The van der Waals surface area contributed by atoms with E-state index in [4.69, 9.17) is 0 Å². The Hall–Kier alpha value is -1.69. The van der Waals surface area contributed by atoms with Crippen LogP contribution in [-0.4, -0.2) is 28.5 Å². The van der Waals surface area contributed by atoms with Crippen molar-refractivity contribution < 1.29 is 0 Å². The fourth-order valence-electron chi connectivity index (χ4n) is 2.16. The molecule has 5 nitrogen and oxygen atoms in total. The van der Waals surface area contributed by atoms with Crippen LogP contribution < -0.4 is 10.2 Å². The summed E-state index contributed by atoms with van der Waals surface area (Å²) in [5.41, 5.74) is 4.08.